The predicted molar refractivity (Wildman–Crippen MR) is 119 cm³/mol. The fourth-order valence-corrected chi connectivity index (χ4v) is 4.47. The van der Waals surface area contributed by atoms with Gasteiger partial charge in [-0.05, 0) is 38.8 Å². The second-order valence-corrected chi connectivity index (χ2v) is 9.08. The summed E-state index contributed by atoms with van der Waals surface area (Å²) in [5.41, 5.74) is -0.464. The van der Waals surface area contributed by atoms with E-state index in [1.165, 1.54) is 0 Å². The molecule has 12 heteroatoms. The Hall–Kier alpha value is -3.05. The third-order valence-electron chi connectivity index (χ3n) is 5.93. The Morgan fingerprint density at radius 1 is 1.24 bits per heavy atom. The van der Waals surface area contributed by atoms with Gasteiger partial charge in [-0.3, -0.25) is 4.79 Å². The van der Waals surface area contributed by atoms with E-state index in [-0.39, 0.29) is 23.9 Å². The number of likely N-dealkylation sites (tertiary alicyclic amines) is 1. The first-order valence-electron chi connectivity index (χ1n) is 11.0. The van der Waals surface area contributed by atoms with Crippen molar-refractivity contribution in [3.63, 3.8) is 0 Å². The molecule has 3 heterocycles. The summed E-state index contributed by atoms with van der Waals surface area (Å²) < 4.78 is 31.7. The van der Waals surface area contributed by atoms with E-state index in [4.69, 9.17) is 9.90 Å². The molecule has 2 aliphatic rings. The molecule has 3 amide bonds. The van der Waals surface area contributed by atoms with Crippen LogP contribution in [0.25, 0.3) is 0 Å². The van der Waals surface area contributed by atoms with Gasteiger partial charge in [0, 0.05) is 58.4 Å². The zero-order valence-corrected chi connectivity index (χ0v) is 19.8. The number of urea groups is 1. The van der Waals surface area contributed by atoms with E-state index in [1.54, 1.807) is 11.1 Å². The van der Waals surface area contributed by atoms with Gasteiger partial charge in [0.25, 0.3) is 0 Å². The normalized spacial score (nSPS) is 22.3. The largest absolute Gasteiger partial charge is 0.490 e. The molecule has 0 spiro atoms. The molecule has 3 rings (SSSR count). The number of fused-ring (bicyclic) bond motifs is 1. The number of pyridine rings is 1. The topological polar surface area (TPSA) is 106 Å². The Kier molecular flexibility index (Phi) is 8.73. The second kappa shape index (κ2) is 10.9. The molecule has 0 radical (unpaired) electrons. The first-order valence-corrected chi connectivity index (χ1v) is 11.0. The number of rotatable bonds is 3. The lowest BCUT2D eigenvalue weighted by molar-refractivity contribution is -0.192. The zero-order chi connectivity index (χ0) is 25.7. The average molecular weight is 488 g/mol. The lowest BCUT2D eigenvalue weighted by Gasteiger charge is -2.34. The lowest BCUT2D eigenvalue weighted by atomic mass is 9.74. The Labute approximate surface area is 196 Å². The number of carboxylic acids is 1. The fraction of sp³-hybridized carbons (Fsp3) is 0.636. The first kappa shape index (κ1) is 27.2. The van der Waals surface area contributed by atoms with Crippen molar-refractivity contribution in [1.29, 1.82) is 0 Å². The minimum atomic E-state index is -5.08. The fourth-order valence-electron chi connectivity index (χ4n) is 4.47. The minimum Gasteiger partial charge on any atom is -0.475 e. The van der Waals surface area contributed by atoms with E-state index in [2.05, 4.69) is 15.2 Å². The van der Waals surface area contributed by atoms with E-state index in [9.17, 15) is 22.8 Å². The molecule has 0 unspecified atom stereocenters. The maximum absolute atomic E-state index is 13.2. The number of amides is 3. The predicted octanol–water partition coefficient (Wildman–Crippen LogP) is 2.44. The molecule has 2 N–H and O–H groups in total. The van der Waals surface area contributed by atoms with Crippen molar-refractivity contribution < 1.29 is 32.7 Å². The summed E-state index contributed by atoms with van der Waals surface area (Å²) in [5, 5.41) is 10.1. The number of carbonyl (C=O) groups excluding carboxylic acids is 2. The Morgan fingerprint density at radius 2 is 1.88 bits per heavy atom. The van der Waals surface area contributed by atoms with Crippen LogP contribution in [0.3, 0.4) is 0 Å². The second-order valence-electron chi connectivity index (χ2n) is 9.08. The number of aromatic nitrogens is 1. The molecule has 190 valence electrons. The Bertz CT molecular complexity index is 866. The summed E-state index contributed by atoms with van der Waals surface area (Å²) in [6, 6.07) is 5.93. The van der Waals surface area contributed by atoms with Crippen LogP contribution in [-0.2, 0) is 9.59 Å². The highest BCUT2D eigenvalue weighted by molar-refractivity contribution is 5.85. The highest BCUT2D eigenvalue weighted by Crippen LogP contribution is 2.44. The third-order valence-corrected chi connectivity index (χ3v) is 5.93. The molecule has 0 bridgehead atoms. The number of anilines is 1. The van der Waals surface area contributed by atoms with Crippen LogP contribution in [0.4, 0.5) is 23.8 Å². The summed E-state index contributed by atoms with van der Waals surface area (Å²) in [4.78, 5) is 45.0. The lowest BCUT2D eigenvalue weighted by Crippen LogP contribution is -2.49. The van der Waals surface area contributed by atoms with Gasteiger partial charge in [0.2, 0.25) is 5.91 Å². The third kappa shape index (κ3) is 6.51. The van der Waals surface area contributed by atoms with Gasteiger partial charge in [-0.15, -0.1) is 0 Å². The van der Waals surface area contributed by atoms with Crippen molar-refractivity contribution in [2.24, 2.45) is 11.3 Å². The van der Waals surface area contributed by atoms with Crippen LogP contribution < -0.4 is 10.2 Å². The molecule has 2 aliphatic heterocycles. The van der Waals surface area contributed by atoms with Crippen molar-refractivity contribution in [1.82, 2.24) is 20.1 Å². The SMILES string of the molecule is CC(C)NC(=O)N1CCC[C@]2(C(=O)N(C)C)CN(c3ccccn3)C[C@@H]2C1.O=C(O)C(F)(F)F. The molecule has 1 aromatic rings. The van der Waals surface area contributed by atoms with Crippen molar-refractivity contribution in [2.75, 3.05) is 45.2 Å². The standard InChI is InChI=1S/C20H31N5O2.C2HF3O2/c1-15(2)22-19(27)24-11-7-9-20(18(26)23(3)4)14-25(13-16(20)12-24)17-8-5-6-10-21-17;3-2(4,5)1(6)7/h5-6,8,10,15-16H,7,9,11-14H2,1-4H3,(H,22,27);(H,6,7)/t16-,20-;/m0./s1. The maximum Gasteiger partial charge on any atom is 0.490 e. The summed E-state index contributed by atoms with van der Waals surface area (Å²) >= 11 is 0. The van der Waals surface area contributed by atoms with E-state index in [0.29, 0.717) is 19.6 Å². The first-order chi connectivity index (χ1) is 15.8. The molecule has 2 saturated heterocycles. The van der Waals surface area contributed by atoms with Crippen LogP contribution in [0.1, 0.15) is 26.7 Å². The molecule has 2 fully saturated rings. The summed E-state index contributed by atoms with van der Waals surface area (Å²) in [6.07, 6.45) is -1.67. The van der Waals surface area contributed by atoms with Gasteiger partial charge in [-0.2, -0.15) is 13.2 Å². The highest BCUT2D eigenvalue weighted by Gasteiger charge is 2.54. The number of nitrogens with one attached hydrogen (secondary N) is 1. The van der Waals surface area contributed by atoms with Gasteiger partial charge in [0.05, 0.1) is 5.41 Å². The molecule has 0 aromatic carbocycles. The Balaban J connectivity index is 0.000000509. The average Bonchev–Trinajstić information content (AvgIpc) is 3.01. The number of aliphatic carboxylic acids is 1. The van der Waals surface area contributed by atoms with Gasteiger partial charge in [-0.1, -0.05) is 6.07 Å². The summed E-state index contributed by atoms with van der Waals surface area (Å²) in [5.74, 6) is -1.60. The maximum atomic E-state index is 13.2. The molecule has 0 aliphatic carbocycles. The number of carboxylic acid groups (broad SMARTS) is 1. The van der Waals surface area contributed by atoms with Crippen molar-refractivity contribution >= 4 is 23.7 Å². The van der Waals surface area contributed by atoms with Gasteiger partial charge in [-0.25, -0.2) is 14.6 Å². The number of alkyl halides is 3. The molecule has 2 atom stereocenters. The van der Waals surface area contributed by atoms with Crippen molar-refractivity contribution in [3.05, 3.63) is 24.4 Å². The molecule has 9 nitrogen and oxygen atoms in total. The van der Waals surface area contributed by atoms with E-state index in [1.807, 2.05) is 51.0 Å². The molecular formula is C22H32F3N5O4. The number of hydrogen-bond acceptors (Lipinski definition) is 5. The van der Waals surface area contributed by atoms with Crippen LogP contribution in [0, 0.1) is 11.3 Å². The molecule has 0 saturated carbocycles. The smallest absolute Gasteiger partial charge is 0.475 e. The van der Waals surface area contributed by atoms with E-state index in [0.717, 1.165) is 25.2 Å². The summed E-state index contributed by atoms with van der Waals surface area (Å²) in [7, 11) is 3.65. The zero-order valence-electron chi connectivity index (χ0n) is 19.8. The van der Waals surface area contributed by atoms with Gasteiger partial charge < -0.3 is 25.1 Å². The molecule has 34 heavy (non-hydrogen) atoms. The van der Waals surface area contributed by atoms with Crippen LogP contribution >= 0.6 is 0 Å². The van der Waals surface area contributed by atoms with Gasteiger partial charge >= 0.3 is 18.2 Å². The van der Waals surface area contributed by atoms with Crippen LogP contribution in [0.5, 0.6) is 0 Å². The number of halogens is 3. The Morgan fingerprint density at radius 3 is 2.38 bits per heavy atom. The van der Waals surface area contributed by atoms with Crippen molar-refractivity contribution in [3.8, 4) is 0 Å². The summed E-state index contributed by atoms with van der Waals surface area (Å²) in [6.45, 7) is 6.62. The molecular weight excluding hydrogens is 455 g/mol. The van der Waals surface area contributed by atoms with E-state index < -0.39 is 17.6 Å². The van der Waals surface area contributed by atoms with Gasteiger partial charge in [0.1, 0.15) is 5.82 Å². The molecule has 1 aromatic heterocycles. The minimum absolute atomic E-state index is 0.0330. The van der Waals surface area contributed by atoms with Crippen LogP contribution in [-0.4, -0.2) is 90.3 Å². The number of hydrogen-bond donors (Lipinski definition) is 2. The quantitative estimate of drug-likeness (QED) is 0.679. The van der Waals surface area contributed by atoms with E-state index >= 15 is 0 Å². The van der Waals surface area contributed by atoms with Crippen molar-refractivity contribution in [2.45, 2.75) is 38.9 Å². The number of carbonyl (C=O) groups is 3. The highest BCUT2D eigenvalue weighted by atomic mass is 19.4. The number of nitrogens with zero attached hydrogens (tertiary/aromatic N) is 4. The van der Waals surface area contributed by atoms with Gasteiger partial charge in [0.15, 0.2) is 0 Å². The van der Waals surface area contributed by atoms with Crippen LogP contribution in [0.15, 0.2) is 24.4 Å². The van der Waals surface area contributed by atoms with Crippen LogP contribution in [0.2, 0.25) is 0 Å². The monoisotopic (exact) mass is 487 g/mol.